The highest BCUT2D eigenvalue weighted by atomic mass is 19.4. The first kappa shape index (κ1) is 16.8. The second kappa shape index (κ2) is 5.63. The van der Waals surface area contributed by atoms with Gasteiger partial charge >= 0.3 is 18.1 Å². The fourth-order valence-corrected chi connectivity index (χ4v) is 1.37. The van der Waals surface area contributed by atoms with Crippen LogP contribution < -0.4 is 10.1 Å². The van der Waals surface area contributed by atoms with Crippen LogP contribution in [0.4, 0.5) is 18.9 Å². The van der Waals surface area contributed by atoms with Crippen LogP contribution in [0.3, 0.4) is 0 Å². The third kappa shape index (κ3) is 4.97. The van der Waals surface area contributed by atoms with E-state index in [1.807, 2.05) is 0 Å². The van der Waals surface area contributed by atoms with Crippen molar-refractivity contribution in [2.24, 2.45) is 0 Å². The lowest BCUT2D eigenvalue weighted by Gasteiger charge is -2.23. The molecule has 5 nitrogen and oxygen atoms in total. The van der Waals surface area contributed by atoms with Crippen molar-refractivity contribution in [3.05, 3.63) is 23.8 Å². The first-order valence-corrected chi connectivity index (χ1v) is 5.85. The van der Waals surface area contributed by atoms with Gasteiger partial charge in [-0.25, -0.2) is 4.79 Å². The summed E-state index contributed by atoms with van der Waals surface area (Å²) in [6.45, 7) is 4.90. The number of alkyl halides is 3. The number of benzene rings is 1. The first-order valence-electron chi connectivity index (χ1n) is 5.85. The van der Waals surface area contributed by atoms with Crippen molar-refractivity contribution in [2.75, 3.05) is 5.32 Å². The Morgan fingerprint density at radius 3 is 2.19 bits per heavy atom. The molecule has 0 spiro atoms. The standard InChI is InChI=1S/C13H14F3NO4/c1-12(2,3)21-9-6-7(10(18)19)4-5-8(9)17-11(20)13(14,15)16/h4-6H,1-3H3,(H,17,20)(H,18,19). The summed E-state index contributed by atoms with van der Waals surface area (Å²) in [6.07, 6.45) is -5.05. The molecule has 0 aliphatic rings. The van der Waals surface area contributed by atoms with Crippen molar-refractivity contribution in [3.63, 3.8) is 0 Å². The van der Waals surface area contributed by atoms with Crippen molar-refractivity contribution < 1.29 is 32.6 Å². The number of hydrogen-bond acceptors (Lipinski definition) is 3. The third-order valence-corrected chi connectivity index (χ3v) is 2.15. The Morgan fingerprint density at radius 2 is 1.76 bits per heavy atom. The fourth-order valence-electron chi connectivity index (χ4n) is 1.37. The zero-order valence-corrected chi connectivity index (χ0v) is 11.5. The van der Waals surface area contributed by atoms with Gasteiger partial charge in [-0.05, 0) is 39.0 Å². The van der Waals surface area contributed by atoms with Gasteiger partial charge in [-0.2, -0.15) is 13.2 Å². The molecule has 1 rings (SSSR count). The molecule has 0 aliphatic carbocycles. The number of carbonyl (C=O) groups is 2. The van der Waals surface area contributed by atoms with Crippen LogP contribution in [-0.2, 0) is 4.79 Å². The summed E-state index contributed by atoms with van der Waals surface area (Å²) in [5.41, 5.74) is -1.20. The highest BCUT2D eigenvalue weighted by Gasteiger charge is 2.39. The average Bonchev–Trinajstić information content (AvgIpc) is 2.27. The molecule has 0 fully saturated rings. The van der Waals surface area contributed by atoms with E-state index in [1.165, 1.54) is 0 Å². The minimum absolute atomic E-state index is 0.153. The molecule has 0 bridgehead atoms. The normalized spacial score (nSPS) is 11.9. The van der Waals surface area contributed by atoms with Gasteiger partial charge < -0.3 is 15.2 Å². The van der Waals surface area contributed by atoms with Gasteiger partial charge in [-0.3, -0.25) is 4.79 Å². The van der Waals surface area contributed by atoms with Gasteiger partial charge in [0.1, 0.15) is 11.4 Å². The lowest BCUT2D eigenvalue weighted by atomic mass is 10.1. The molecule has 0 unspecified atom stereocenters. The Balaban J connectivity index is 3.18. The third-order valence-electron chi connectivity index (χ3n) is 2.15. The van der Waals surface area contributed by atoms with Gasteiger partial charge in [0, 0.05) is 0 Å². The van der Waals surface area contributed by atoms with Crippen LogP contribution in [0.15, 0.2) is 18.2 Å². The molecule has 1 aromatic rings. The Morgan fingerprint density at radius 1 is 1.19 bits per heavy atom. The number of anilines is 1. The van der Waals surface area contributed by atoms with Crippen molar-refractivity contribution >= 4 is 17.6 Å². The van der Waals surface area contributed by atoms with Crippen LogP contribution >= 0.6 is 0 Å². The van der Waals surface area contributed by atoms with Gasteiger partial charge in [0.25, 0.3) is 0 Å². The highest BCUT2D eigenvalue weighted by Crippen LogP contribution is 2.30. The summed E-state index contributed by atoms with van der Waals surface area (Å²) in [4.78, 5) is 21.9. The predicted octanol–water partition coefficient (Wildman–Crippen LogP) is 3.06. The Labute approximate surface area is 118 Å². The summed E-state index contributed by atoms with van der Waals surface area (Å²) >= 11 is 0. The maximum atomic E-state index is 12.3. The monoisotopic (exact) mass is 305 g/mol. The van der Waals surface area contributed by atoms with Crippen LogP contribution in [0, 0.1) is 0 Å². The van der Waals surface area contributed by atoms with Crippen LogP contribution in [0.1, 0.15) is 31.1 Å². The number of aromatic carboxylic acids is 1. The van der Waals surface area contributed by atoms with Crippen LogP contribution in [0.2, 0.25) is 0 Å². The Kier molecular flexibility index (Phi) is 4.50. The lowest BCUT2D eigenvalue weighted by molar-refractivity contribution is -0.167. The van der Waals surface area contributed by atoms with E-state index in [0.29, 0.717) is 0 Å². The predicted molar refractivity (Wildman–Crippen MR) is 68.5 cm³/mol. The second-order valence-electron chi connectivity index (χ2n) is 5.18. The van der Waals surface area contributed by atoms with E-state index in [0.717, 1.165) is 18.2 Å². The quantitative estimate of drug-likeness (QED) is 0.900. The number of halogens is 3. The number of nitrogens with one attached hydrogen (secondary N) is 1. The number of ether oxygens (including phenoxy) is 1. The van der Waals surface area contributed by atoms with Crippen LogP contribution in [-0.4, -0.2) is 28.8 Å². The minimum atomic E-state index is -5.05. The summed E-state index contributed by atoms with van der Waals surface area (Å²) in [7, 11) is 0. The molecule has 0 aromatic heterocycles. The zero-order chi connectivity index (χ0) is 16.4. The molecule has 0 heterocycles. The van der Waals surface area contributed by atoms with Gasteiger partial charge in [0.2, 0.25) is 0 Å². The number of rotatable bonds is 3. The van der Waals surface area contributed by atoms with E-state index < -0.39 is 23.7 Å². The summed E-state index contributed by atoms with van der Waals surface area (Å²) in [5, 5.41) is 10.5. The van der Waals surface area contributed by atoms with Gasteiger partial charge in [-0.1, -0.05) is 0 Å². The highest BCUT2D eigenvalue weighted by molar-refractivity contribution is 5.97. The molecule has 1 amide bonds. The van der Waals surface area contributed by atoms with Crippen molar-refractivity contribution in [2.45, 2.75) is 32.5 Å². The first-order chi connectivity index (χ1) is 9.40. The number of amides is 1. The van der Waals surface area contributed by atoms with Gasteiger partial charge in [0.15, 0.2) is 0 Å². The van der Waals surface area contributed by atoms with Crippen LogP contribution in [0.5, 0.6) is 5.75 Å². The molecule has 8 heteroatoms. The average molecular weight is 305 g/mol. The zero-order valence-electron chi connectivity index (χ0n) is 11.5. The lowest BCUT2D eigenvalue weighted by Crippen LogP contribution is -2.31. The van der Waals surface area contributed by atoms with E-state index in [4.69, 9.17) is 9.84 Å². The largest absolute Gasteiger partial charge is 0.486 e. The number of carboxylic acids is 1. The molecule has 1 aromatic carbocycles. The second-order valence-corrected chi connectivity index (χ2v) is 5.18. The molecule has 0 aliphatic heterocycles. The van der Waals surface area contributed by atoms with Crippen molar-refractivity contribution in [1.29, 1.82) is 0 Å². The molecule has 0 atom stereocenters. The van der Waals surface area contributed by atoms with E-state index >= 15 is 0 Å². The number of carbonyl (C=O) groups excluding carboxylic acids is 1. The molecular weight excluding hydrogens is 291 g/mol. The van der Waals surface area contributed by atoms with E-state index in [2.05, 4.69) is 0 Å². The van der Waals surface area contributed by atoms with E-state index in [-0.39, 0.29) is 17.0 Å². The molecule has 0 radical (unpaired) electrons. The van der Waals surface area contributed by atoms with Crippen molar-refractivity contribution in [1.82, 2.24) is 0 Å². The Bertz CT molecular complexity index is 562. The fraction of sp³-hybridized carbons (Fsp3) is 0.385. The van der Waals surface area contributed by atoms with E-state index in [1.54, 1.807) is 26.1 Å². The van der Waals surface area contributed by atoms with Gasteiger partial charge in [0.05, 0.1) is 11.3 Å². The molecular formula is C13H14F3NO4. The SMILES string of the molecule is CC(C)(C)Oc1cc(C(=O)O)ccc1NC(=O)C(F)(F)F. The molecule has 0 saturated carbocycles. The summed E-state index contributed by atoms with van der Waals surface area (Å²) in [6, 6.07) is 3.18. The number of hydrogen-bond donors (Lipinski definition) is 2. The molecule has 2 N–H and O–H groups in total. The maximum Gasteiger partial charge on any atom is 0.471 e. The van der Waals surface area contributed by atoms with Crippen LogP contribution in [0.25, 0.3) is 0 Å². The summed E-state index contributed by atoms with van der Waals surface area (Å²) < 4.78 is 42.2. The molecule has 0 saturated heterocycles. The molecule has 116 valence electrons. The topological polar surface area (TPSA) is 75.6 Å². The summed E-state index contributed by atoms with van der Waals surface area (Å²) in [5.74, 6) is -3.58. The number of carboxylic acid groups (broad SMARTS) is 1. The van der Waals surface area contributed by atoms with Crippen molar-refractivity contribution in [3.8, 4) is 5.75 Å². The minimum Gasteiger partial charge on any atom is -0.486 e. The molecule has 21 heavy (non-hydrogen) atoms. The maximum absolute atomic E-state index is 12.3. The Hall–Kier alpha value is -2.25. The smallest absolute Gasteiger partial charge is 0.471 e. The van der Waals surface area contributed by atoms with E-state index in [9.17, 15) is 22.8 Å². The van der Waals surface area contributed by atoms with Gasteiger partial charge in [-0.15, -0.1) is 0 Å².